The summed E-state index contributed by atoms with van der Waals surface area (Å²) in [5.41, 5.74) is 6.04. The second-order valence-corrected chi connectivity index (χ2v) is 5.31. The largest absolute Gasteiger partial charge is 0.316 e. The zero-order valence-corrected chi connectivity index (χ0v) is 13.4. The van der Waals surface area contributed by atoms with Crippen molar-refractivity contribution in [3.05, 3.63) is 93.0 Å². The van der Waals surface area contributed by atoms with Crippen molar-refractivity contribution in [2.24, 2.45) is 0 Å². The van der Waals surface area contributed by atoms with Crippen LogP contribution in [0.25, 0.3) is 0 Å². The van der Waals surface area contributed by atoms with Gasteiger partial charge in [-0.1, -0.05) is 30.3 Å². The van der Waals surface area contributed by atoms with E-state index in [0.29, 0.717) is 0 Å². The molecule has 0 saturated carbocycles. The van der Waals surface area contributed by atoms with Gasteiger partial charge in [-0.05, 0) is 11.6 Å². The van der Waals surface area contributed by atoms with Crippen molar-refractivity contribution in [2.45, 2.75) is 6.17 Å². The maximum Gasteiger partial charge on any atom is 0.300 e. The lowest BCUT2D eigenvalue weighted by atomic mass is 10.2. The summed E-state index contributed by atoms with van der Waals surface area (Å²) < 4.78 is 1.78. The summed E-state index contributed by atoms with van der Waals surface area (Å²) in [4.78, 5) is 24.7. The number of hydrogen-bond donors (Lipinski definition) is 2. The summed E-state index contributed by atoms with van der Waals surface area (Å²) in [7, 11) is 0. The Morgan fingerprint density at radius 1 is 1.04 bits per heavy atom. The molecule has 3 rings (SSSR count). The van der Waals surface area contributed by atoms with Crippen molar-refractivity contribution in [1.82, 2.24) is 15.0 Å². The molecule has 0 radical (unpaired) electrons. The van der Waals surface area contributed by atoms with Gasteiger partial charge in [-0.25, -0.2) is 10.4 Å². The van der Waals surface area contributed by atoms with E-state index in [-0.39, 0.29) is 11.4 Å². The molecule has 1 unspecified atom stereocenters. The van der Waals surface area contributed by atoms with Crippen LogP contribution < -0.4 is 10.9 Å². The first kappa shape index (κ1) is 17.0. The van der Waals surface area contributed by atoms with Gasteiger partial charge >= 0.3 is 5.69 Å². The number of nitrogens with one attached hydrogen (secondary N) is 2. The van der Waals surface area contributed by atoms with E-state index in [4.69, 9.17) is 0 Å². The highest BCUT2D eigenvalue weighted by atomic mass is 16.6. The Kier molecular flexibility index (Phi) is 4.85. The first-order valence-electron chi connectivity index (χ1n) is 7.53. The van der Waals surface area contributed by atoms with Crippen molar-refractivity contribution in [2.75, 3.05) is 5.43 Å². The fourth-order valence-electron chi connectivity index (χ4n) is 2.42. The van der Waals surface area contributed by atoms with Gasteiger partial charge in [0.25, 0.3) is 5.69 Å². The van der Waals surface area contributed by atoms with Gasteiger partial charge in [0.05, 0.1) is 22.2 Å². The first-order valence-corrected chi connectivity index (χ1v) is 7.53. The predicted octanol–water partition coefficient (Wildman–Crippen LogP) is 2.86. The fraction of sp³-hybridized carbons (Fsp3) is 0.0625. The zero-order valence-electron chi connectivity index (χ0n) is 13.4. The highest BCUT2D eigenvalue weighted by Gasteiger charge is 2.20. The van der Waals surface area contributed by atoms with Crippen LogP contribution in [0.5, 0.6) is 0 Å². The minimum absolute atomic E-state index is 0.113. The molecule has 0 spiro atoms. The van der Waals surface area contributed by atoms with E-state index < -0.39 is 21.7 Å². The summed E-state index contributed by atoms with van der Waals surface area (Å²) >= 11 is 0. The molecule has 1 aromatic heterocycles. The number of anilines is 1. The molecule has 0 aliphatic heterocycles. The van der Waals surface area contributed by atoms with Crippen LogP contribution in [-0.2, 0) is 0 Å². The summed E-state index contributed by atoms with van der Waals surface area (Å²) in [6, 6.07) is 12.8. The van der Waals surface area contributed by atoms with E-state index in [1.165, 1.54) is 12.1 Å². The molecular weight excluding hydrogens is 340 g/mol. The number of aromatic nitrogens is 2. The van der Waals surface area contributed by atoms with Crippen LogP contribution >= 0.6 is 0 Å². The quantitative estimate of drug-likeness (QED) is 0.493. The molecule has 0 saturated heterocycles. The molecule has 10 nitrogen and oxygen atoms in total. The van der Waals surface area contributed by atoms with Crippen LogP contribution in [0, 0.1) is 20.2 Å². The Hall–Kier alpha value is -3.79. The van der Waals surface area contributed by atoms with E-state index in [0.717, 1.165) is 11.6 Å². The number of hydrazine groups is 1. The number of rotatable bonds is 7. The second kappa shape index (κ2) is 7.40. The van der Waals surface area contributed by atoms with Crippen molar-refractivity contribution < 1.29 is 9.85 Å². The monoisotopic (exact) mass is 354 g/mol. The average Bonchev–Trinajstić information content (AvgIpc) is 3.17. The van der Waals surface area contributed by atoms with Crippen LogP contribution in [0.4, 0.5) is 17.1 Å². The number of nitro groups is 2. The lowest BCUT2D eigenvalue weighted by Crippen LogP contribution is -2.32. The highest BCUT2D eigenvalue weighted by molar-refractivity contribution is 5.64. The van der Waals surface area contributed by atoms with Gasteiger partial charge < -0.3 is 9.99 Å². The van der Waals surface area contributed by atoms with Crippen molar-refractivity contribution in [1.29, 1.82) is 0 Å². The molecule has 0 aliphatic carbocycles. The summed E-state index contributed by atoms with van der Waals surface area (Å²) in [5.74, 6) is 0. The Labute approximate surface area is 147 Å². The minimum atomic E-state index is -0.678. The molecule has 0 bridgehead atoms. The third-order valence-electron chi connectivity index (χ3n) is 3.67. The summed E-state index contributed by atoms with van der Waals surface area (Å²) in [5, 5.41) is 22.1. The van der Waals surface area contributed by atoms with Gasteiger partial charge in [0.1, 0.15) is 11.9 Å². The van der Waals surface area contributed by atoms with E-state index >= 15 is 0 Å². The van der Waals surface area contributed by atoms with Gasteiger partial charge in [-0.3, -0.25) is 20.2 Å². The number of imidazole rings is 1. The Balaban J connectivity index is 1.88. The molecule has 26 heavy (non-hydrogen) atoms. The van der Waals surface area contributed by atoms with Crippen molar-refractivity contribution in [3.8, 4) is 0 Å². The number of non-ortho nitro benzene ring substituents is 1. The lowest BCUT2D eigenvalue weighted by Gasteiger charge is -2.21. The third-order valence-corrected chi connectivity index (χ3v) is 3.67. The van der Waals surface area contributed by atoms with Gasteiger partial charge in [-0.15, -0.1) is 0 Å². The zero-order chi connectivity index (χ0) is 18.5. The third kappa shape index (κ3) is 3.65. The Morgan fingerprint density at radius 3 is 2.42 bits per heavy atom. The topological polar surface area (TPSA) is 128 Å². The minimum Gasteiger partial charge on any atom is -0.316 e. The molecule has 10 heteroatoms. The van der Waals surface area contributed by atoms with E-state index in [2.05, 4.69) is 15.8 Å². The molecule has 0 fully saturated rings. The highest BCUT2D eigenvalue weighted by Crippen LogP contribution is 2.29. The maximum absolute atomic E-state index is 11.2. The van der Waals surface area contributed by atoms with Gasteiger partial charge in [0, 0.05) is 18.5 Å². The lowest BCUT2D eigenvalue weighted by molar-refractivity contribution is -0.393. The molecule has 2 N–H and O–H groups in total. The number of hydrogen-bond acceptors (Lipinski definition) is 7. The molecule has 0 aliphatic rings. The second-order valence-electron chi connectivity index (χ2n) is 5.31. The van der Waals surface area contributed by atoms with E-state index in [1.807, 2.05) is 30.3 Å². The number of nitrogens with zero attached hydrogens (tertiary/aromatic N) is 4. The summed E-state index contributed by atoms with van der Waals surface area (Å²) in [6.45, 7) is 0. The molecule has 2 aromatic carbocycles. The Morgan fingerprint density at radius 2 is 1.81 bits per heavy atom. The molecule has 1 heterocycles. The van der Waals surface area contributed by atoms with Gasteiger partial charge in [0.2, 0.25) is 0 Å². The average molecular weight is 354 g/mol. The van der Waals surface area contributed by atoms with Crippen LogP contribution in [-0.4, -0.2) is 19.4 Å². The summed E-state index contributed by atoms with van der Waals surface area (Å²) in [6.07, 6.45) is 4.58. The molecule has 3 aromatic rings. The Bertz CT molecular complexity index is 914. The molecule has 1 atom stereocenters. The molecule has 0 amide bonds. The molecular formula is C16H14N6O4. The maximum atomic E-state index is 11.2. The van der Waals surface area contributed by atoms with Crippen molar-refractivity contribution >= 4 is 17.1 Å². The van der Waals surface area contributed by atoms with Crippen molar-refractivity contribution in [3.63, 3.8) is 0 Å². The van der Waals surface area contributed by atoms with Crippen LogP contribution in [0.3, 0.4) is 0 Å². The van der Waals surface area contributed by atoms with Crippen LogP contribution in [0.15, 0.2) is 67.3 Å². The van der Waals surface area contributed by atoms with Gasteiger partial charge in [-0.2, -0.15) is 0 Å². The predicted molar refractivity (Wildman–Crippen MR) is 93.3 cm³/mol. The number of benzene rings is 2. The smallest absolute Gasteiger partial charge is 0.300 e. The van der Waals surface area contributed by atoms with E-state index in [1.54, 1.807) is 23.3 Å². The van der Waals surface area contributed by atoms with Crippen LogP contribution in [0.1, 0.15) is 11.7 Å². The van der Waals surface area contributed by atoms with Gasteiger partial charge in [0.15, 0.2) is 0 Å². The van der Waals surface area contributed by atoms with Crippen LogP contribution in [0.2, 0.25) is 0 Å². The first-order chi connectivity index (χ1) is 12.6. The number of nitro benzene ring substituents is 2. The van der Waals surface area contributed by atoms with E-state index in [9.17, 15) is 20.2 Å². The SMILES string of the molecule is O=[N+]([O-])c1ccc(NNC(c2ccccc2)n2ccnc2)c([N+](=O)[O-])c1. The molecule has 132 valence electrons. The normalized spacial score (nSPS) is 11.7. The standard InChI is InChI=1S/C16H14N6O4/c23-21(24)13-6-7-14(15(10-13)22(25)26)18-19-16(20-9-8-17-11-20)12-4-2-1-3-5-12/h1-11,16,18-19H. The fourth-order valence-corrected chi connectivity index (χ4v) is 2.42.